The maximum atomic E-state index is 12.3. The van der Waals surface area contributed by atoms with Gasteiger partial charge >= 0.3 is 12.0 Å². The molecule has 0 aliphatic heterocycles. The molecule has 0 radical (unpaired) electrons. The van der Waals surface area contributed by atoms with Crippen molar-refractivity contribution in [2.45, 2.75) is 6.92 Å². The Morgan fingerprint density at radius 2 is 1.95 bits per heavy atom. The van der Waals surface area contributed by atoms with E-state index >= 15 is 0 Å². The van der Waals surface area contributed by atoms with Gasteiger partial charge in [-0.25, -0.2) is 9.59 Å². The van der Waals surface area contributed by atoms with E-state index in [-0.39, 0.29) is 6.61 Å². The molecule has 2 amide bonds. The summed E-state index contributed by atoms with van der Waals surface area (Å²) in [7, 11) is 1.53. The molecular formula is C15H16N2O3S. The highest BCUT2D eigenvalue weighted by atomic mass is 32.1. The van der Waals surface area contributed by atoms with Crippen molar-refractivity contribution in [3.63, 3.8) is 0 Å². The Bertz CT molecular complexity index is 652. The first-order chi connectivity index (χ1) is 10.1. The summed E-state index contributed by atoms with van der Waals surface area (Å²) in [5.41, 5.74) is 7.30. The fourth-order valence-corrected chi connectivity index (χ4v) is 2.97. The standard InChI is InChI=1S/C15H16N2O3S/c1-3-20-14(18)12-11(10-7-5-4-6-8-10)9-21-13(12)17(2)15(16)19/h4-9H,3H2,1-2H3,(H2,16,19). The van der Waals surface area contributed by atoms with Crippen LogP contribution in [0.15, 0.2) is 35.7 Å². The molecular weight excluding hydrogens is 288 g/mol. The number of esters is 1. The lowest BCUT2D eigenvalue weighted by Crippen LogP contribution is -2.32. The average molecular weight is 304 g/mol. The maximum absolute atomic E-state index is 12.3. The molecule has 0 spiro atoms. The zero-order chi connectivity index (χ0) is 15.4. The zero-order valence-electron chi connectivity index (χ0n) is 11.8. The molecule has 21 heavy (non-hydrogen) atoms. The van der Waals surface area contributed by atoms with Gasteiger partial charge in [-0.2, -0.15) is 0 Å². The van der Waals surface area contributed by atoms with E-state index in [1.54, 1.807) is 6.92 Å². The van der Waals surface area contributed by atoms with Crippen molar-refractivity contribution < 1.29 is 14.3 Å². The molecule has 110 valence electrons. The first-order valence-electron chi connectivity index (χ1n) is 6.43. The number of thiophene rings is 1. The molecule has 0 unspecified atom stereocenters. The Morgan fingerprint density at radius 3 is 2.52 bits per heavy atom. The molecule has 0 saturated carbocycles. The van der Waals surface area contributed by atoms with Gasteiger partial charge in [-0.3, -0.25) is 4.90 Å². The summed E-state index contributed by atoms with van der Waals surface area (Å²) in [5.74, 6) is -0.458. The minimum absolute atomic E-state index is 0.267. The van der Waals surface area contributed by atoms with E-state index in [0.717, 1.165) is 11.1 Å². The lowest BCUT2D eigenvalue weighted by atomic mass is 10.0. The summed E-state index contributed by atoms with van der Waals surface area (Å²) in [5, 5.41) is 2.32. The van der Waals surface area contributed by atoms with Crippen LogP contribution in [0.25, 0.3) is 11.1 Å². The second-order valence-electron chi connectivity index (χ2n) is 4.31. The molecule has 0 bridgehead atoms. The van der Waals surface area contributed by atoms with Gasteiger partial charge in [0, 0.05) is 18.0 Å². The lowest BCUT2D eigenvalue weighted by Gasteiger charge is -2.14. The van der Waals surface area contributed by atoms with E-state index in [9.17, 15) is 9.59 Å². The van der Waals surface area contributed by atoms with E-state index < -0.39 is 12.0 Å². The number of ether oxygens (including phenoxy) is 1. The second-order valence-corrected chi connectivity index (χ2v) is 5.17. The Morgan fingerprint density at radius 1 is 1.29 bits per heavy atom. The van der Waals surface area contributed by atoms with Gasteiger partial charge in [0.05, 0.1) is 6.61 Å². The number of anilines is 1. The fraction of sp³-hybridized carbons (Fsp3) is 0.200. The van der Waals surface area contributed by atoms with E-state index in [0.29, 0.717) is 10.6 Å². The van der Waals surface area contributed by atoms with Crippen LogP contribution >= 0.6 is 11.3 Å². The third-order valence-electron chi connectivity index (χ3n) is 2.97. The van der Waals surface area contributed by atoms with Crippen molar-refractivity contribution in [2.24, 2.45) is 5.73 Å². The molecule has 6 heteroatoms. The average Bonchev–Trinajstić information content (AvgIpc) is 2.92. The normalized spacial score (nSPS) is 10.2. The number of nitrogens with zero attached hydrogens (tertiary/aromatic N) is 1. The SMILES string of the molecule is CCOC(=O)c1c(-c2ccccc2)csc1N(C)C(N)=O. The molecule has 0 aliphatic rings. The third kappa shape index (κ3) is 3.05. The number of hydrogen-bond acceptors (Lipinski definition) is 4. The van der Waals surface area contributed by atoms with Crippen LogP contribution in [-0.4, -0.2) is 25.7 Å². The number of primary amides is 1. The minimum atomic E-state index is -0.623. The van der Waals surface area contributed by atoms with Crippen LogP contribution in [0.2, 0.25) is 0 Å². The Kier molecular flexibility index (Phi) is 4.59. The van der Waals surface area contributed by atoms with Crippen LogP contribution in [0.3, 0.4) is 0 Å². The van der Waals surface area contributed by atoms with Crippen LogP contribution in [0, 0.1) is 0 Å². The monoisotopic (exact) mass is 304 g/mol. The van der Waals surface area contributed by atoms with Crippen LogP contribution in [-0.2, 0) is 4.74 Å². The van der Waals surface area contributed by atoms with Crippen LogP contribution in [0.5, 0.6) is 0 Å². The van der Waals surface area contributed by atoms with Crippen molar-refractivity contribution in [3.05, 3.63) is 41.3 Å². The molecule has 0 saturated heterocycles. The van der Waals surface area contributed by atoms with Gasteiger partial charge in [0.15, 0.2) is 0 Å². The van der Waals surface area contributed by atoms with E-state index in [4.69, 9.17) is 10.5 Å². The predicted molar refractivity (Wildman–Crippen MR) is 83.7 cm³/mol. The van der Waals surface area contributed by atoms with Gasteiger partial charge in [0.2, 0.25) is 0 Å². The summed E-state index contributed by atoms with van der Waals surface area (Å²) >= 11 is 1.29. The summed E-state index contributed by atoms with van der Waals surface area (Å²) in [4.78, 5) is 24.9. The summed E-state index contributed by atoms with van der Waals surface area (Å²) in [6.07, 6.45) is 0. The Hall–Kier alpha value is -2.34. The van der Waals surface area contributed by atoms with Gasteiger partial charge in [0.25, 0.3) is 0 Å². The lowest BCUT2D eigenvalue weighted by molar-refractivity contribution is 0.0528. The number of carbonyl (C=O) groups is 2. The van der Waals surface area contributed by atoms with Gasteiger partial charge in [-0.15, -0.1) is 11.3 Å². The molecule has 0 atom stereocenters. The van der Waals surface area contributed by atoms with Gasteiger partial charge in [-0.05, 0) is 12.5 Å². The van der Waals surface area contributed by atoms with Crippen LogP contribution < -0.4 is 10.6 Å². The number of carbonyl (C=O) groups excluding carboxylic acids is 2. The summed E-state index contributed by atoms with van der Waals surface area (Å²) in [6.45, 7) is 2.01. The van der Waals surface area contributed by atoms with Crippen molar-refractivity contribution >= 4 is 28.3 Å². The van der Waals surface area contributed by atoms with Gasteiger partial charge in [-0.1, -0.05) is 30.3 Å². The summed E-state index contributed by atoms with van der Waals surface area (Å²) < 4.78 is 5.11. The summed E-state index contributed by atoms with van der Waals surface area (Å²) in [6, 6.07) is 8.86. The second kappa shape index (κ2) is 6.41. The molecule has 0 aliphatic carbocycles. The first-order valence-corrected chi connectivity index (χ1v) is 7.31. The minimum Gasteiger partial charge on any atom is -0.462 e. The number of urea groups is 1. The van der Waals surface area contributed by atoms with E-state index in [1.165, 1.54) is 23.3 Å². The Labute approximate surface area is 126 Å². The number of amides is 2. The highest BCUT2D eigenvalue weighted by Gasteiger charge is 2.25. The quantitative estimate of drug-likeness (QED) is 0.882. The largest absolute Gasteiger partial charge is 0.462 e. The molecule has 1 aromatic carbocycles. The van der Waals surface area contributed by atoms with Crippen molar-refractivity contribution in [1.29, 1.82) is 0 Å². The highest BCUT2D eigenvalue weighted by Crippen LogP contribution is 2.37. The molecule has 0 fully saturated rings. The van der Waals surface area contributed by atoms with Crippen LogP contribution in [0.4, 0.5) is 9.80 Å². The number of rotatable bonds is 4. The fourth-order valence-electron chi connectivity index (χ4n) is 1.93. The molecule has 1 heterocycles. The molecule has 2 rings (SSSR count). The first kappa shape index (κ1) is 15.1. The molecule has 1 aromatic heterocycles. The molecule has 2 aromatic rings. The third-order valence-corrected chi connectivity index (χ3v) is 4.03. The molecule has 2 N–H and O–H groups in total. The number of hydrogen-bond donors (Lipinski definition) is 1. The predicted octanol–water partition coefficient (Wildman–Crippen LogP) is 3.11. The smallest absolute Gasteiger partial charge is 0.341 e. The topological polar surface area (TPSA) is 72.6 Å². The molecule has 5 nitrogen and oxygen atoms in total. The number of nitrogens with two attached hydrogens (primary N) is 1. The van der Waals surface area contributed by atoms with Crippen molar-refractivity contribution in [2.75, 3.05) is 18.6 Å². The van der Waals surface area contributed by atoms with E-state index in [1.807, 2.05) is 35.7 Å². The zero-order valence-corrected chi connectivity index (χ0v) is 12.6. The van der Waals surface area contributed by atoms with Crippen molar-refractivity contribution in [1.82, 2.24) is 0 Å². The van der Waals surface area contributed by atoms with Crippen LogP contribution in [0.1, 0.15) is 17.3 Å². The highest BCUT2D eigenvalue weighted by molar-refractivity contribution is 7.15. The maximum Gasteiger partial charge on any atom is 0.341 e. The van der Waals surface area contributed by atoms with Gasteiger partial charge in [0.1, 0.15) is 10.6 Å². The van der Waals surface area contributed by atoms with E-state index in [2.05, 4.69) is 0 Å². The number of benzene rings is 1. The van der Waals surface area contributed by atoms with Crippen molar-refractivity contribution in [3.8, 4) is 11.1 Å². The van der Waals surface area contributed by atoms with Gasteiger partial charge < -0.3 is 10.5 Å². The Balaban J connectivity index is 2.56.